The molecule has 0 radical (unpaired) electrons. The lowest BCUT2D eigenvalue weighted by molar-refractivity contribution is -0.124. The van der Waals surface area contributed by atoms with Crippen LogP contribution in [-0.4, -0.2) is 11.9 Å². The maximum atomic E-state index is 12.0. The first kappa shape index (κ1) is 15.0. The van der Waals surface area contributed by atoms with E-state index in [-0.39, 0.29) is 5.91 Å². The molecule has 20 heavy (non-hydrogen) atoms. The zero-order valence-electron chi connectivity index (χ0n) is 12.8. The van der Waals surface area contributed by atoms with Crippen molar-refractivity contribution in [3.63, 3.8) is 0 Å². The van der Waals surface area contributed by atoms with Crippen molar-refractivity contribution in [2.45, 2.75) is 64.0 Å². The fraction of sp³-hybridized carbons (Fsp3) is 0.588. The molecule has 2 rings (SSSR count). The van der Waals surface area contributed by atoms with E-state index in [1.807, 2.05) is 19.1 Å². The molecule has 0 aromatic heterocycles. The van der Waals surface area contributed by atoms with Crippen molar-refractivity contribution in [3.8, 4) is 0 Å². The van der Waals surface area contributed by atoms with Gasteiger partial charge in [-0.05, 0) is 36.8 Å². The summed E-state index contributed by atoms with van der Waals surface area (Å²) in [6.45, 7) is 6.23. The van der Waals surface area contributed by atoms with Crippen molar-refractivity contribution in [2.75, 3.05) is 0 Å². The number of nitrogens with two attached hydrogens (primary N) is 1. The van der Waals surface area contributed by atoms with Crippen LogP contribution in [0.15, 0.2) is 24.3 Å². The minimum atomic E-state index is -0.773. The zero-order chi connectivity index (χ0) is 14.8. The van der Waals surface area contributed by atoms with Gasteiger partial charge in [0.2, 0.25) is 5.91 Å². The molecule has 0 bridgehead atoms. The summed E-state index contributed by atoms with van der Waals surface area (Å²) < 4.78 is 0. The van der Waals surface area contributed by atoms with Gasteiger partial charge in [0.15, 0.2) is 0 Å². The standard InChI is InChI=1S/C17H26N2O/c1-12(2)13-8-10-14(11-9-13)17(3,16(18)20)19-15-6-4-5-7-15/h8-12,15,19H,4-7H2,1-3H3,(H2,18,20). The van der Waals surface area contributed by atoms with E-state index in [9.17, 15) is 4.79 Å². The van der Waals surface area contributed by atoms with Crippen LogP contribution in [0.4, 0.5) is 0 Å². The highest BCUT2D eigenvalue weighted by molar-refractivity contribution is 5.85. The van der Waals surface area contributed by atoms with Crippen molar-refractivity contribution in [3.05, 3.63) is 35.4 Å². The first-order valence-corrected chi connectivity index (χ1v) is 7.61. The maximum absolute atomic E-state index is 12.0. The Morgan fingerprint density at radius 3 is 2.25 bits per heavy atom. The molecule has 3 heteroatoms. The summed E-state index contributed by atoms with van der Waals surface area (Å²) in [6, 6.07) is 8.65. The molecule has 1 amide bonds. The number of nitrogens with one attached hydrogen (secondary N) is 1. The van der Waals surface area contributed by atoms with Crippen LogP contribution < -0.4 is 11.1 Å². The Morgan fingerprint density at radius 2 is 1.80 bits per heavy atom. The van der Waals surface area contributed by atoms with Crippen LogP contribution in [0.5, 0.6) is 0 Å². The third-order valence-corrected chi connectivity index (χ3v) is 4.50. The number of carbonyl (C=O) groups excluding carboxylic acids is 1. The van der Waals surface area contributed by atoms with Crippen molar-refractivity contribution in [2.24, 2.45) is 5.73 Å². The second kappa shape index (κ2) is 5.96. The van der Waals surface area contributed by atoms with Crippen LogP contribution in [0.1, 0.15) is 63.5 Å². The summed E-state index contributed by atoms with van der Waals surface area (Å²) in [5.41, 5.74) is 7.14. The van der Waals surface area contributed by atoms with Gasteiger partial charge < -0.3 is 5.73 Å². The topological polar surface area (TPSA) is 55.1 Å². The van der Waals surface area contributed by atoms with Crippen molar-refractivity contribution < 1.29 is 4.79 Å². The molecule has 0 aliphatic heterocycles. The van der Waals surface area contributed by atoms with Crippen LogP contribution >= 0.6 is 0 Å². The minimum Gasteiger partial charge on any atom is -0.368 e. The van der Waals surface area contributed by atoms with Crippen LogP contribution in [0.3, 0.4) is 0 Å². The van der Waals surface area contributed by atoms with Crippen molar-refractivity contribution in [1.82, 2.24) is 5.32 Å². The molecule has 1 atom stereocenters. The van der Waals surface area contributed by atoms with Gasteiger partial charge >= 0.3 is 0 Å². The van der Waals surface area contributed by atoms with Crippen LogP contribution in [0.25, 0.3) is 0 Å². The van der Waals surface area contributed by atoms with Gasteiger partial charge in [-0.15, -0.1) is 0 Å². The minimum absolute atomic E-state index is 0.304. The van der Waals surface area contributed by atoms with Gasteiger partial charge in [-0.1, -0.05) is 51.0 Å². The third-order valence-electron chi connectivity index (χ3n) is 4.50. The van der Waals surface area contributed by atoms with Gasteiger partial charge in [0.05, 0.1) is 0 Å². The Kier molecular flexibility index (Phi) is 4.48. The Morgan fingerprint density at radius 1 is 1.25 bits per heavy atom. The van der Waals surface area contributed by atoms with E-state index < -0.39 is 5.54 Å². The van der Waals surface area contributed by atoms with Crippen LogP contribution in [-0.2, 0) is 10.3 Å². The molecule has 0 heterocycles. The Hall–Kier alpha value is -1.35. The molecule has 1 aromatic carbocycles. The SMILES string of the molecule is CC(C)c1ccc(C(C)(NC2CCCC2)C(N)=O)cc1. The van der Waals surface area contributed by atoms with Crippen molar-refractivity contribution >= 4 is 5.91 Å². The molecule has 1 fully saturated rings. The molecule has 1 saturated carbocycles. The number of hydrogen-bond donors (Lipinski definition) is 2. The van der Waals surface area contributed by atoms with Gasteiger partial charge in [0.1, 0.15) is 5.54 Å². The number of rotatable bonds is 5. The molecule has 110 valence electrons. The van der Waals surface area contributed by atoms with E-state index in [4.69, 9.17) is 5.73 Å². The highest BCUT2D eigenvalue weighted by Gasteiger charge is 2.35. The summed E-state index contributed by atoms with van der Waals surface area (Å²) >= 11 is 0. The summed E-state index contributed by atoms with van der Waals surface area (Å²) in [5, 5.41) is 3.48. The molecule has 1 aromatic rings. The lowest BCUT2D eigenvalue weighted by atomic mass is 9.88. The van der Waals surface area contributed by atoms with E-state index in [1.165, 1.54) is 18.4 Å². The predicted octanol–water partition coefficient (Wildman–Crippen LogP) is 3.04. The Labute approximate surface area is 121 Å². The Bertz CT molecular complexity index is 460. The normalized spacial score (nSPS) is 19.2. The van der Waals surface area contributed by atoms with Crippen molar-refractivity contribution in [1.29, 1.82) is 0 Å². The monoisotopic (exact) mass is 274 g/mol. The largest absolute Gasteiger partial charge is 0.368 e. The first-order valence-electron chi connectivity index (χ1n) is 7.61. The zero-order valence-corrected chi connectivity index (χ0v) is 12.8. The molecule has 3 nitrogen and oxygen atoms in total. The molecular formula is C17H26N2O. The number of benzene rings is 1. The molecule has 3 N–H and O–H groups in total. The van der Waals surface area contributed by atoms with E-state index in [1.54, 1.807) is 0 Å². The van der Waals surface area contributed by atoms with E-state index in [2.05, 4.69) is 31.3 Å². The van der Waals surface area contributed by atoms with E-state index in [0.717, 1.165) is 18.4 Å². The number of amides is 1. The van der Waals surface area contributed by atoms with Gasteiger partial charge in [-0.2, -0.15) is 0 Å². The lowest BCUT2D eigenvalue weighted by Gasteiger charge is -2.31. The molecule has 1 aliphatic rings. The van der Waals surface area contributed by atoms with Gasteiger partial charge in [-0.3, -0.25) is 10.1 Å². The highest BCUT2D eigenvalue weighted by Crippen LogP contribution is 2.27. The summed E-state index contributed by atoms with van der Waals surface area (Å²) in [7, 11) is 0. The number of carbonyl (C=O) groups is 1. The molecular weight excluding hydrogens is 248 g/mol. The number of primary amides is 1. The summed E-state index contributed by atoms with van der Waals surface area (Å²) in [6.07, 6.45) is 4.73. The quantitative estimate of drug-likeness (QED) is 0.867. The average Bonchev–Trinajstić information content (AvgIpc) is 2.91. The summed E-state index contributed by atoms with van der Waals surface area (Å²) in [5.74, 6) is 0.188. The first-order chi connectivity index (χ1) is 9.43. The maximum Gasteiger partial charge on any atom is 0.242 e. The van der Waals surface area contributed by atoms with Gasteiger partial charge in [0.25, 0.3) is 0 Å². The lowest BCUT2D eigenvalue weighted by Crippen LogP contribution is -2.53. The van der Waals surface area contributed by atoms with Gasteiger partial charge in [-0.25, -0.2) is 0 Å². The smallest absolute Gasteiger partial charge is 0.242 e. The fourth-order valence-electron chi connectivity index (χ4n) is 2.98. The second-order valence-electron chi connectivity index (χ2n) is 6.39. The van der Waals surface area contributed by atoms with Gasteiger partial charge in [0, 0.05) is 6.04 Å². The van der Waals surface area contributed by atoms with E-state index in [0.29, 0.717) is 12.0 Å². The average molecular weight is 274 g/mol. The molecule has 1 aliphatic carbocycles. The molecule has 0 saturated heterocycles. The molecule has 0 spiro atoms. The highest BCUT2D eigenvalue weighted by atomic mass is 16.1. The van der Waals surface area contributed by atoms with E-state index >= 15 is 0 Å². The Balaban J connectivity index is 2.24. The summed E-state index contributed by atoms with van der Waals surface area (Å²) in [4.78, 5) is 12.0. The second-order valence-corrected chi connectivity index (χ2v) is 6.39. The van der Waals surface area contributed by atoms with Crippen LogP contribution in [0, 0.1) is 0 Å². The molecule has 1 unspecified atom stereocenters. The van der Waals surface area contributed by atoms with Crippen LogP contribution in [0.2, 0.25) is 0 Å². The fourth-order valence-corrected chi connectivity index (χ4v) is 2.98. The third kappa shape index (κ3) is 3.04. The predicted molar refractivity (Wildman–Crippen MR) is 82.5 cm³/mol. The number of hydrogen-bond acceptors (Lipinski definition) is 2.